The number of aromatic nitrogens is 2. The van der Waals surface area contributed by atoms with E-state index in [9.17, 15) is 14.0 Å². The Kier molecular flexibility index (Phi) is 7.81. The molecule has 38 heavy (non-hydrogen) atoms. The van der Waals surface area contributed by atoms with Gasteiger partial charge in [0.05, 0.1) is 22.4 Å². The van der Waals surface area contributed by atoms with E-state index in [0.29, 0.717) is 28.8 Å². The number of benzene rings is 3. The second-order valence-electron chi connectivity index (χ2n) is 8.92. The largest absolute Gasteiger partial charge is 0.355 e. The molecule has 5 rings (SSSR count). The fourth-order valence-corrected chi connectivity index (χ4v) is 5.87. The van der Waals surface area contributed by atoms with E-state index < -0.39 is 0 Å². The van der Waals surface area contributed by atoms with Gasteiger partial charge < -0.3 is 5.32 Å². The summed E-state index contributed by atoms with van der Waals surface area (Å²) in [5.74, 6) is -0.206. The summed E-state index contributed by atoms with van der Waals surface area (Å²) in [7, 11) is 0. The molecule has 1 aromatic heterocycles. The highest BCUT2D eigenvalue weighted by atomic mass is 35.5. The molecule has 3 aromatic carbocycles. The number of hydrogen-bond donors (Lipinski definition) is 1. The number of hydrogen-bond acceptors (Lipinski definition) is 4. The Hall–Kier alpha value is -3.62. The van der Waals surface area contributed by atoms with Crippen LogP contribution < -0.4 is 10.2 Å². The lowest BCUT2D eigenvalue weighted by atomic mass is 9.99. The lowest BCUT2D eigenvalue weighted by Crippen LogP contribution is -2.42. The van der Waals surface area contributed by atoms with Crippen molar-refractivity contribution in [2.45, 2.75) is 18.6 Å². The first kappa shape index (κ1) is 26.0. The number of anilines is 1. The van der Waals surface area contributed by atoms with Crippen molar-refractivity contribution in [1.82, 2.24) is 15.1 Å². The summed E-state index contributed by atoms with van der Waals surface area (Å²) in [6.45, 7) is 2.33. The molecule has 6 nitrogen and oxygen atoms in total. The maximum Gasteiger partial charge on any atom is 0.240 e. The van der Waals surface area contributed by atoms with E-state index in [-0.39, 0.29) is 35.2 Å². The van der Waals surface area contributed by atoms with E-state index in [1.54, 1.807) is 16.8 Å². The van der Waals surface area contributed by atoms with Crippen LogP contribution in [-0.4, -0.2) is 40.4 Å². The third-order valence-corrected chi connectivity index (χ3v) is 7.72. The number of halogens is 2. The molecule has 0 radical (unpaired) electrons. The molecule has 9 heteroatoms. The molecule has 1 atom stereocenters. The maximum atomic E-state index is 13.9. The fraction of sp³-hybridized carbons (Fsp3) is 0.207. The second-order valence-corrected chi connectivity index (χ2v) is 10.4. The summed E-state index contributed by atoms with van der Waals surface area (Å²) < 4.78 is 15.5. The Morgan fingerprint density at radius 3 is 2.58 bits per heavy atom. The third kappa shape index (κ3) is 5.33. The predicted molar refractivity (Wildman–Crippen MR) is 150 cm³/mol. The smallest absolute Gasteiger partial charge is 0.240 e. The molecule has 0 spiro atoms. The van der Waals surface area contributed by atoms with Crippen molar-refractivity contribution in [3.8, 4) is 16.9 Å². The number of amides is 2. The van der Waals surface area contributed by atoms with Crippen LogP contribution in [-0.2, 0) is 9.59 Å². The van der Waals surface area contributed by atoms with Gasteiger partial charge in [-0.2, -0.15) is 5.10 Å². The molecular formula is C29H26ClFN4O2S. The number of fused-ring (bicyclic) bond motifs is 1. The van der Waals surface area contributed by atoms with Gasteiger partial charge in [-0.1, -0.05) is 61.0 Å². The van der Waals surface area contributed by atoms with Crippen molar-refractivity contribution in [1.29, 1.82) is 0 Å². The highest BCUT2D eigenvalue weighted by Gasteiger charge is 2.37. The van der Waals surface area contributed by atoms with Gasteiger partial charge in [-0.25, -0.2) is 9.07 Å². The number of rotatable bonds is 7. The average Bonchev–Trinajstić information content (AvgIpc) is 3.25. The van der Waals surface area contributed by atoms with Crippen LogP contribution in [0, 0.1) is 5.82 Å². The van der Waals surface area contributed by atoms with Gasteiger partial charge in [0.2, 0.25) is 11.8 Å². The van der Waals surface area contributed by atoms with Gasteiger partial charge in [0.15, 0.2) is 0 Å². The van der Waals surface area contributed by atoms with E-state index >= 15 is 0 Å². The first-order valence-corrected chi connectivity index (χ1v) is 13.8. The third-order valence-electron chi connectivity index (χ3n) is 6.23. The van der Waals surface area contributed by atoms with Crippen LogP contribution in [0.1, 0.15) is 29.7 Å². The summed E-state index contributed by atoms with van der Waals surface area (Å²) in [6.07, 6.45) is 0.781. The number of nitrogens with zero attached hydrogens (tertiary/aromatic N) is 3. The van der Waals surface area contributed by atoms with Crippen LogP contribution in [0.15, 0.2) is 78.9 Å². The topological polar surface area (TPSA) is 67.2 Å². The molecule has 1 unspecified atom stereocenters. The molecular weight excluding hydrogens is 523 g/mol. The monoisotopic (exact) mass is 548 g/mol. The summed E-state index contributed by atoms with van der Waals surface area (Å²) in [5.41, 5.74) is 3.83. The minimum absolute atomic E-state index is 0.157. The van der Waals surface area contributed by atoms with E-state index in [0.717, 1.165) is 23.1 Å². The van der Waals surface area contributed by atoms with Gasteiger partial charge in [0, 0.05) is 22.7 Å². The Morgan fingerprint density at radius 2 is 1.87 bits per heavy atom. The Morgan fingerprint density at radius 1 is 1.11 bits per heavy atom. The van der Waals surface area contributed by atoms with Crippen molar-refractivity contribution in [3.63, 3.8) is 0 Å². The van der Waals surface area contributed by atoms with E-state index in [1.807, 2.05) is 61.5 Å². The molecule has 2 heterocycles. The standard InChI is InChI=1S/C29H26ClFN4O2S/c1-2-15-32-24(36)17-34-25(37)18-38-28(20-9-6-10-21(30)16-20)26-27(19-7-4-3-5-8-19)33-35(29(26)34)23-13-11-22(31)12-14-23/h3-14,16,28H,2,15,17-18H2,1H3,(H,32,36). The molecule has 0 bridgehead atoms. The van der Waals surface area contributed by atoms with Crippen LogP contribution >= 0.6 is 23.4 Å². The molecule has 0 fully saturated rings. The molecule has 1 N–H and O–H groups in total. The van der Waals surface area contributed by atoms with Crippen LogP contribution in [0.4, 0.5) is 10.2 Å². The molecule has 0 aliphatic carbocycles. The molecule has 0 saturated heterocycles. The molecule has 1 aliphatic rings. The Balaban J connectivity index is 1.78. The zero-order valence-corrected chi connectivity index (χ0v) is 22.3. The summed E-state index contributed by atoms with van der Waals surface area (Å²) in [4.78, 5) is 28.0. The minimum Gasteiger partial charge on any atom is -0.355 e. The fourth-order valence-electron chi connectivity index (χ4n) is 4.49. The number of carbonyl (C=O) groups excluding carboxylic acids is 2. The van der Waals surface area contributed by atoms with Crippen LogP contribution in [0.25, 0.3) is 16.9 Å². The van der Waals surface area contributed by atoms with E-state index in [2.05, 4.69) is 5.32 Å². The summed E-state index contributed by atoms with van der Waals surface area (Å²) >= 11 is 7.85. The van der Waals surface area contributed by atoms with Crippen molar-refractivity contribution in [3.05, 3.63) is 101 Å². The first-order valence-electron chi connectivity index (χ1n) is 12.3. The van der Waals surface area contributed by atoms with Crippen LogP contribution in [0.5, 0.6) is 0 Å². The zero-order chi connectivity index (χ0) is 26.6. The zero-order valence-electron chi connectivity index (χ0n) is 20.7. The van der Waals surface area contributed by atoms with Crippen molar-refractivity contribution >= 4 is 41.0 Å². The Labute approximate surface area is 229 Å². The predicted octanol–water partition coefficient (Wildman–Crippen LogP) is 6.03. The molecule has 2 amide bonds. The van der Waals surface area contributed by atoms with Crippen molar-refractivity contribution in [2.75, 3.05) is 23.7 Å². The van der Waals surface area contributed by atoms with Gasteiger partial charge in [0.25, 0.3) is 0 Å². The number of carbonyl (C=O) groups is 2. The lowest BCUT2D eigenvalue weighted by molar-refractivity contribution is -0.122. The van der Waals surface area contributed by atoms with Crippen LogP contribution in [0.2, 0.25) is 5.02 Å². The first-order chi connectivity index (χ1) is 18.5. The van der Waals surface area contributed by atoms with Crippen molar-refractivity contribution < 1.29 is 14.0 Å². The minimum atomic E-state index is -0.380. The number of nitrogens with one attached hydrogen (secondary N) is 1. The number of thioether (sulfide) groups is 1. The molecule has 194 valence electrons. The lowest BCUT2D eigenvalue weighted by Gasteiger charge is -2.23. The van der Waals surface area contributed by atoms with Gasteiger partial charge in [-0.05, 0) is 48.4 Å². The maximum absolute atomic E-state index is 13.9. The average molecular weight is 549 g/mol. The van der Waals surface area contributed by atoms with Gasteiger partial charge in [0.1, 0.15) is 18.2 Å². The highest BCUT2D eigenvalue weighted by molar-refractivity contribution is 8.00. The summed E-state index contributed by atoms with van der Waals surface area (Å²) in [5, 5.41) is 8.14. The van der Waals surface area contributed by atoms with Gasteiger partial charge >= 0.3 is 0 Å². The SMILES string of the molecule is CCCNC(=O)CN1C(=O)CSC(c2cccc(Cl)c2)c2c(-c3ccccc3)nn(-c3ccc(F)cc3)c21. The molecule has 4 aromatic rings. The molecule has 0 saturated carbocycles. The molecule has 1 aliphatic heterocycles. The normalized spacial score (nSPS) is 15.2. The highest BCUT2D eigenvalue weighted by Crippen LogP contribution is 2.48. The van der Waals surface area contributed by atoms with Crippen LogP contribution in [0.3, 0.4) is 0 Å². The van der Waals surface area contributed by atoms with E-state index in [4.69, 9.17) is 16.7 Å². The Bertz CT molecular complexity index is 1460. The summed E-state index contributed by atoms with van der Waals surface area (Å²) in [6, 6.07) is 23.2. The quantitative estimate of drug-likeness (QED) is 0.306. The van der Waals surface area contributed by atoms with E-state index in [1.165, 1.54) is 28.8 Å². The second kappa shape index (κ2) is 11.4. The van der Waals surface area contributed by atoms with Gasteiger partial charge in [-0.15, -0.1) is 11.8 Å². The van der Waals surface area contributed by atoms with Crippen molar-refractivity contribution in [2.24, 2.45) is 0 Å². The van der Waals surface area contributed by atoms with Gasteiger partial charge in [-0.3, -0.25) is 14.5 Å².